The molecular formula is C34H37FN4O4S. The van der Waals surface area contributed by atoms with Crippen LogP contribution in [-0.2, 0) is 11.2 Å². The van der Waals surface area contributed by atoms with Gasteiger partial charge in [-0.3, -0.25) is 4.79 Å². The molecule has 230 valence electrons. The minimum Gasteiger partial charge on any atom is -0.493 e. The number of thiocarbonyl (C=S) groups is 1. The molecule has 0 radical (unpaired) electrons. The van der Waals surface area contributed by atoms with Crippen molar-refractivity contribution >= 4 is 40.4 Å². The number of hydrogen-bond donors (Lipinski definition) is 3. The number of fused-ring (bicyclic) bond motifs is 2. The maximum Gasteiger partial charge on any atom is 0.230 e. The first-order valence-electron chi connectivity index (χ1n) is 14.9. The van der Waals surface area contributed by atoms with E-state index in [1.54, 1.807) is 13.2 Å². The van der Waals surface area contributed by atoms with Crippen molar-refractivity contribution in [2.45, 2.75) is 19.3 Å². The lowest BCUT2D eigenvalue weighted by Gasteiger charge is -2.23. The summed E-state index contributed by atoms with van der Waals surface area (Å²) >= 11 is 5.25. The molecule has 8 nitrogen and oxygen atoms in total. The maximum atomic E-state index is 15.2. The highest BCUT2D eigenvalue weighted by Gasteiger charge is 2.39. The summed E-state index contributed by atoms with van der Waals surface area (Å²) in [5, 5.41) is 8.93. The van der Waals surface area contributed by atoms with Gasteiger partial charge in [0.2, 0.25) is 5.91 Å². The summed E-state index contributed by atoms with van der Waals surface area (Å²) in [6, 6.07) is 17.6. The number of nitrogens with one attached hydrogen (secondary N) is 3. The average Bonchev–Trinajstić information content (AvgIpc) is 3.54. The second-order valence-electron chi connectivity index (χ2n) is 11.8. The fraction of sp³-hybridized carbons (Fsp3) is 0.353. The molecule has 0 bridgehead atoms. The Labute approximate surface area is 262 Å². The molecule has 1 aliphatic carbocycles. The summed E-state index contributed by atoms with van der Waals surface area (Å²) in [5.74, 6) is 3.12. The Bertz CT molecular complexity index is 1550. The van der Waals surface area contributed by atoms with E-state index in [0.29, 0.717) is 42.0 Å². The zero-order chi connectivity index (χ0) is 30.6. The summed E-state index contributed by atoms with van der Waals surface area (Å²) in [4.78, 5) is 14.7. The molecule has 2 atom stereocenters. The van der Waals surface area contributed by atoms with Crippen molar-refractivity contribution in [1.29, 1.82) is 0 Å². The second kappa shape index (κ2) is 13.2. The van der Waals surface area contributed by atoms with Gasteiger partial charge in [-0.15, -0.1) is 0 Å². The van der Waals surface area contributed by atoms with Crippen molar-refractivity contribution < 1.29 is 23.4 Å². The van der Waals surface area contributed by atoms with Gasteiger partial charge in [-0.1, -0.05) is 30.3 Å². The van der Waals surface area contributed by atoms with Crippen LogP contribution in [0, 0.1) is 23.6 Å². The van der Waals surface area contributed by atoms with Crippen LogP contribution in [0.5, 0.6) is 17.2 Å². The fourth-order valence-electron chi connectivity index (χ4n) is 6.54. The molecule has 1 saturated carbocycles. The molecule has 3 aromatic rings. The molecule has 6 rings (SSSR count). The van der Waals surface area contributed by atoms with E-state index in [-0.39, 0.29) is 23.2 Å². The predicted molar refractivity (Wildman–Crippen MR) is 174 cm³/mol. The van der Waals surface area contributed by atoms with Crippen LogP contribution in [-0.4, -0.2) is 56.3 Å². The fourth-order valence-corrected chi connectivity index (χ4v) is 6.77. The van der Waals surface area contributed by atoms with Crippen LogP contribution in [0.25, 0.3) is 5.76 Å². The minimum atomic E-state index is -0.575. The molecule has 3 N–H and O–H groups in total. The Morgan fingerprint density at radius 3 is 2.55 bits per heavy atom. The van der Waals surface area contributed by atoms with Crippen molar-refractivity contribution in [1.82, 2.24) is 10.2 Å². The molecule has 3 aliphatic rings. The van der Waals surface area contributed by atoms with E-state index in [9.17, 15) is 4.79 Å². The molecule has 2 unspecified atom stereocenters. The molecule has 0 aromatic heterocycles. The number of hydrogen-bond acceptors (Lipinski definition) is 7. The van der Waals surface area contributed by atoms with Crippen LogP contribution in [0.15, 0.2) is 66.7 Å². The topological polar surface area (TPSA) is 84.1 Å². The van der Waals surface area contributed by atoms with E-state index in [4.69, 9.17) is 26.4 Å². The van der Waals surface area contributed by atoms with Gasteiger partial charge < -0.3 is 35.1 Å². The molecule has 44 heavy (non-hydrogen) atoms. The van der Waals surface area contributed by atoms with Gasteiger partial charge >= 0.3 is 0 Å². The van der Waals surface area contributed by atoms with Gasteiger partial charge in [-0.05, 0) is 79.7 Å². The number of carbonyl (C=O) groups excluding carboxylic acids is 1. The van der Waals surface area contributed by atoms with Crippen LogP contribution in [0.3, 0.4) is 0 Å². The molecule has 0 spiro atoms. The van der Waals surface area contributed by atoms with Crippen LogP contribution >= 0.6 is 12.2 Å². The monoisotopic (exact) mass is 616 g/mol. The highest BCUT2D eigenvalue weighted by molar-refractivity contribution is 7.80. The number of anilines is 2. The van der Waals surface area contributed by atoms with Crippen LogP contribution in [0.2, 0.25) is 0 Å². The minimum absolute atomic E-state index is 0.0606. The first-order valence-corrected chi connectivity index (χ1v) is 15.4. The van der Waals surface area contributed by atoms with Crippen LogP contribution in [0.4, 0.5) is 15.8 Å². The molecular weight excluding hydrogens is 579 g/mol. The summed E-state index contributed by atoms with van der Waals surface area (Å²) in [6.07, 6.45) is 4.46. The van der Waals surface area contributed by atoms with Gasteiger partial charge in [0.1, 0.15) is 5.76 Å². The molecule has 10 heteroatoms. The zero-order valence-corrected chi connectivity index (χ0v) is 25.7. The third-order valence-corrected chi connectivity index (χ3v) is 8.73. The Hall–Kier alpha value is -4.15. The third-order valence-electron chi connectivity index (χ3n) is 8.53. The van der Waals surface area contributed by atoms with E-state index >= 15 is 4.39 Å². The van der Waals surface area contributed by atoms with Crippen LogP contribution in [0.1, 0.15) is 24.0 Å². The Balaban J connectivity index is 1.07. The number of nitrogens with zero attached hydrogens (tertiary/aromatic N) is 1. The molecule has 2 heterocycles. The lowest BCUT2D eigenvalue weighted by molar-refractivity contribution is -0.119. The number of ether oxygens (including phenoxy) is 3. The first-order chi connectivity index (χ1) is 21.3. The number of carbonyl (C=O) groups is 1. The first kappa shape index (κ1) is 29.9. The molecule has 1 saturated heterocycles. The summed E-state index contributed by atoms with van der Waals surface area (Å²) in [6.45, 7) is 3.55. The van der Waals surface area contributed by atoms with Crippen molar-refractivity contribution in [2.75, 3.05) is 51.0 Å². The van der Waals surface area contributed by atoms with Crippen molar-refractivity contribution in [2.24, 2.45) is 17.8 Å². The smallest absolute Gasteiger partial charge is 0.230 e. The lowest BCUT2D eigenvalue weighted by atomic mass is 10.0. The van der Waals surface area contributed by atoms with Gasteiger partial charge in [0.15, 0.2) is 28.2 Å². The van der Waals surface area contributed by atoms with E-state index in [0.717, 1.165) is 28.7 Å². The Morgan fingerprint density at radius 1 is 1.05 bits per heavy atom. The maximum absolute atomic E-state index is 15.2. The molecule has 1 amide bonds. The van der Waals surface area contributed by atoms with E-state index in [2.05, 4.69) is 27.9 Å². The predicted octanol–water partition coefficient (Wildman–Crippen LogP) is 5.70. The normalized spacial score (nSPS) is 20.5. The number of likely N-dealkylation sites (tertiary alicyclic amines) is 1. The Morgan fingerprint density at radius 2 is 1.82 bits per heavy atom. The molecule has 2 aliphatic heterocycles. The average molecular weight is 617 g/mol. The number of halogens is 1. The summed E-state index contributed by atoms with van der Waals surface area (Å²) in [7, 11) is 3.82. The quantitative estimate of drug-likeness (QED) is 0.264. The number of amides is 1. The van der Waals surface area contributed by atoms with Crippen molar-refractivity contribution in [3.05, 3.63) is 83.7 Å². The van der Waals surface area contributed by atoms with Crippen molar-refractivity contribution in [3.8, 4) is 17.2 Å². The molecule has 3 aromatic carbocycles. The number of methoxy groups -OCH3 is 1. The Kier molecular flexibility index (Phi) is 8.99. The zero-order valence-electron chi connectivity index (χ0n) is 24.9. The van der Waals surface area contributed by atoms with Crippen molar-refractivity contribution in [3.63, 3.8) is 0 Å². The largest absolute Gasteiger partial charge is 0.493 e. The van der Waals surface area contributed by atoms with Gasteiger partial charge in [0.25, 0.3) is 0 Å². The summed E-state index contributed by atoms with van der Waals surface area (Å²) in [5.41, 5.74) is 2.84. The number of benzene rings is 3. The van der Waals surface area contributed by atoms with E-state index < -0.39 is 5.82 Å². The second-order valence-corrected chi connectivity index (χ2v) is 12.2. The number of rotatable bonds is 9. The van der Waals surface area contributed by atoms with E-state index in [1.165, 1.54) is 38.1 Å². The lowest BCUT2D eigenvalue weighted by Crippen LogP contribution is -2.35. The van der Waals surface area contributed by atoms with Crippen LogP contribution < -0.4 is 30.2 Å². The summed E-state index contributed by atoms with van der Waals surface area (Å²) < 4.78 is 33.2. The van der Waals surface area contributed by atoms with Gasteiger partial charge in [-0.2, -0.15) is 0 Å². The molecule has 2 fully saturated rings. The van der Waals surface area contributed by atoms with E-state index in [1.807, 2.05) is 48.5 Å². The standard InChI is InChI=1S/C34H37FN4O4S/c1-39-18-23-12-22(13-24(23)19-39)20-42-32-17-28-26(16-31(32)41-2)29(10-11-36-28)43-30-9-8-25(15-27(30)35)37-34(44)38-33(40)14-21-6-4-3-5-7-21/h3-10,15-17,22-24,36H,11-14,18-20H2,1-2H3,(H2,37,38,40,44). The highest BCUT2D eigenvalue weighted by Crippen LogP contribution is 2.43. The highest BCUT2D eigenvalue weighted by atomic mass is 32.1. The third kappa shape index (κ3) is 6.97. The van der Waals surface area contributed by atoms with Gasteiger partial charge in [0, 0.05) is 48.7 Å². The van der Waals surface area contributed by atoms with Gasteiger partial charge in [0.05, 0.1) is 20.1 Å². The SMILES string of the molecule is COc1cc2c(cc1OCC1CC3CN(C)CC3C1)NCC=C2Oc1ccc(NC(=S)NC(=O)Cc2ccccc2)cc1F. The van der Waals surface area contributed by atoms with Gasteiger partial charge in [-0.25, -0.2) is 4.39 Å².